The summed E-state index contributed by atoms with van der Waals surface area (Å²) < 4.78 is 2.73. The van der Waals surface area contributed by atoms with Gasteiger partial charge in [-0.2, -0.15) is 9.61 Å². The van der Waals surface area contributed by atoms with Gasteiger partial charge in [-0.15, -0.1) is 0 Å². The van der Waals surface area contributed by atoms with Gasteiger partial charge in [0.1, 0.15) is 5.82 Å². The van der Waals surface area contributed by atoms with Crippen molar-refractivity contribution in [3.05, 3.63) is 52.5 Å². The van der Waals surface area contributed by atoms with Crippen molar-refractivity contribution in [3.63, 3.8) is 0 Å². The number of pyridine rings is 1. The molecule has 3 aromatic rings. The van der Waals surface area contributed by atoms with Crippen molar-refractivity contribution >= 4 is 27.4 Å². The zero-order chi connectivity index (χ0) is 15.5. The molecular weight excluding hydrogens is 342 g/mol. The van der Waals surface area contributed by atoms with Crippen molar-refractivity contribution in [2.75, 3.05) is 5.32 Å². The summed E-state index contributed by atoms with van der Waals surface area (Å²) in [6, 6.07) is 6.07. The Labute approximate surface area is 137 Å². The second kappa shape index (κ2) is 6.44. The summed E-state index contributed by atoms with van der Waals surface area (Å²) in [5.41, 5.74) is 3.04. The molecular formula is C16H18BrN5. The highest BCUT2D eigenvalue weighted by molar-refractivity contribution is 9.10. The van der Waals surface area contributed by atoms with Crippen molar-refractivity contribution in [2.24, 2.45) is 0 Å². The van der Waals surface area contributed by atoms with Gasteiger partial charge in [-0.05, 0) is 39.9 Å². The minimum absolute atomic E-state index is 0.408. The Bertz CT molecular complexity index is 769. The molecule has 0 amide bonds. The van der Waals surface area contributed by atoms with E-state index in [9.17, 15) is 0 Å². The number of nitrogens with one attached hydrogen (secondary N) is 1. The van der Waals surface area contributed by atoms with Crippen LogP contribution in [0.5, 0.6) is 0 Å². The van der Waals surface area contributed by atoms with E-state index in [1.165, 1.54) is 0 Å². The molecule has 0 aliphatic heterocycles. The average molecular weight is 360 g/mol. The van der Waals surface area contributed by atoms with Crippen molar-refractivity contribution in [1.29, 1.82) is 0 Å². The number of hydrogen-bond acceptors (Lipinski definition) is 4. The topological polar surface area (TPSA) is 55.1 Å². The first-order chi connectivity index (χ1) is 10.7. The Balaban J connectivity index is 1.96. The van der Waals surface area contributed by atoms with Crippen molar-refractivity contribution in [1.82, 2.24) is 19.6 Å². The molecule has 3 rings (SSSR count). The van der Waals surface area contributed by atoms with Crippen LogP contribution in [0, 0.1) is 0 Å². The van der Waals surface area contributed by atoms with E-state index in [2.05, 4.69) is 51.2 Å². The van der Waals surface area contributed by atoms with Crippen molar-refractivity contribution in [3.8, 4) is 0 Å². The molecule has 0 saturated carbocycles. The lowest BCUT2D eigenvalue weighted by atomic mass is 10.1. The van der Waals surface area contributed by atoms with Gasteiger partial charge in [-0.3, -0.25) is 4.98 Å². The van der Waals surface area contributed by atoms with Crippen molar-refractivity contribution < 1.29 is 0 Å². The average Bonchev–Trinajstić information content (AvgIpc) is 2.94. The molecule has 114 valence electrons. The van der Waals surface area contributed by atoms with Gasteiger partial charge in [0, 0.05) is 30.7 Å². The highest BCUT2D eigenvalue weighted by Gasteiger charge is 2.13. The SMILES string of the molecule is CCC(C)c1cc(NCc2cccnc2)n2ncc(Br)c2n1. The van der Waals surface area contributed by atoms with Gasteiger partial charge in [-0.25, -0.2) is 4.98 Å². The Morgan fingerprint density at radius 2 is 2.23 bits per heavy atom. The first kappa shape index (κ1) is 15.0. The molecule has 0 aliphatic carbocycles. The molecule has 3 heterocycles. The van der Waals surface area contributed by atoms with E-state index >= 15 is 0 Å². The fourth-order valence-corrected chi connectivity index (χ4v) is 2.59. The fourth-order valence-electron chi connectivity index (χ4n) is 2.24. The van der Waals surface area contributed by atoms with Gasteiger partial charge in [0.25, 0.3) is 0 Å². The Hall–Kier alpha value is -1.95. The van der Waals surface area contributed by atoms with Crippen molar-refractivity contribution in [2.45, 2.75) is 32.7 Å². The van der Waals surface area contributed by atoms with Crippen LogP contribution in [-0.4, -0.2) is 19.6 Å². The molecule has 22 heavy (non-hydrogen) atoms. The van der Waals surface area contributed by atoms with Crippen LogP contribution in [0.3, 0.4) is 0 Å². The van der Waals surface area contributed by atoms with Crippen LogP contribution in [0.25, 0.3) is 5.65 Å². The summed E-state index contributed by atoms with van der Waals surface area (Å²) in [5.74, 6) is 1.35. The van der Waals surface area contributed by atoms with Gasteiger partial charge >= 0.3 is 0 Å². The third-order valence-corrected chi connectivity index (χ3v) is 4.32. The van der Waals surface area contributed by atoms with E-state index in [1.807, 2.05) is 22.8 Å². The predicted octanol–water partition coefficient (Wildman–Crippen LogP) is 4.01. The zero-order valence-corrected chi connectivity index (χ0v) is 14.2. The summed E-state index contributed by atoms with van der Waals surface area (Å²) in [6.45, 7) is 5.06. The van der Waals surface area contributed by atoms with Crippen LogP contribution in [0.4, 0.5) is 5.82 Å². The number of rotatable bonds is 5. The Kier molecular flexibility index (Phi) is 4.38. The fraction of sp³-hybridized carbons (Fsp3) is 0.312. The monoisotopic (exact) mass is 359 g/mol. The van der Waals surface area contributed by atoms with E-state index in [1.54, 1.807) is 12.4 Å². The van der Waals surface area contributed by atoms with E-state index in [0.717, 1.165) is 33.6 Å². The Morgan fingerprint density at radius 3 is 2.95 bits per heavy atom. The molecule has 1 unspecified atom stereocenters. The maximum absolute atomic E-state index is 4.72. The molecule has 0 radical (unpaired) electrons. The molecule has 0 aromatic carbocycles. The molecule has 0 spiro atoms. The highest BCUT2D eigenvalue weighted by Crippen LogP contribution is 2.25. The lowest BCUT2D eigenvalue weighted by molar-refractivity contribution is 0.705. The normalized spacial score (nSPS) is 12.5. The number of fused-ring (bicyclic) bond motifs is 1. The second-order valence-electron chi connectivity index (χ2n) is 5.32. The quantitative estimate of drug-likeness (QED) is 0.747. The predicted molar refractivity (Wildman–Crippen MR) is 91.0 cm³/mol. The molecule has 6 heteroatoms. The summed E-state index contributed by atoms with van der Waals surface area (Å²) in [7, 11) is 0. The smallest absolute Gasteiger partial charge is 0.171 e. The van der Waals surface area contributed by atoms with E-state index in [4.69, 9.17) is 4.98 Å². The molecule has 1 N–H and O–H groups in total. The third kappa shape index (κ3) is 2.97. The maximum Gasteiger partial charge on any atom is 0.171 e. The first-order valence-corrected chi connectivity index (χ1v) is 8.15. The summed E-state index contributed by atoms with van der Waals surface area (Å²) in [5, 5.41) is 7.82. The maximum atomic E-state index is 4.72. The highest BCUT2D eigenvalue weighted by atomic mass is 79.9. The molecule has 0 fully saturated rings. The van der Waals surface area contributed by atoms with Crippen LogP contribution in [0.1, 0.15) is 37.4 Å². The van der Waals surface area contributed by atoms with Gasteiger partial charge in [-0.1, -0.05) is 19.9 Å². The molecule has 0 bridgehead atoms. The van der Waals surface area contributed by atoms with Crippen LogP contribution in [0.15, 0.2) is 41.3 Å². The van der Waals surface area contributed by atoms with Gasteiger partial charge in [0.05, 0.1) is 10.7 Å². The molecule has 0 saturated heterocycles. The molecule has 5 nitrogen and oxygen atoms in total. The minimum atomic E-state index is 0.408. The number of aromatic nitrogens is 4. The van der Waals surface area contributed by atoms with E-state index in [-0.39, 0.29) is 0 Å². The van der Waals surface area contributed by atoms with Crippen LogP contribution >= 0.6 is 15.9 Å². The van der Waals surface area contributed by atoms with Crippen LogP contribution in [0.2, 0.25) is 0 Å². The number of anilines is 1. The van der Waals surface area contributed by atoms with E-state index < -0.39 is 0 Å². The number of halogens is 1. The van der Waals surface area contributed by atoms with E-state index in [0.29, 0.717) is 12.5 Å². The lowest BCUT2D eigenvalue weighted by Crippen LogP contribution is -2.08. The summed E-state index contributed by atoms with van der Waals surface area (Å²) in [6.07, 6.45) is 6.47. The van der Waals surface area contributed by atoms with Gasteiger partial charge in [0.15, 0.2) is 5.65 Å². The lowest BCUT2D eigenvalue weighted by Gasteiger charge is -2.13. The largest absolute Gasteiger partial charge is 0.366 e. The summed E-state index contributed by atoms with van der Waals surface area (Å²) in [4.78, 5) is 8.86. The first-order valence-electron chi connectivity index (χ1n) is 7.36. The molecule has 1 atom stereocenters. The zero-order valence-electron chi connectivity index (χ0n) is 12.6. The standard InChI is InChI=1S/C16H18BrN5/c1-3-11(2)14-7-15(19-9-12-5-4-6-18-8-12)22-16(21-14)13(17)10-20-22/h4-8,10-11,19H,3,9H2,1-2H3. The number of hydrogen-bond donors (Lipinski definition) is 1. The molecule has 3 aromatic heterocycles. The third-order valence-electron chi connectivity index (χ3n) is 3.76. The van der Waals surface area contributed by atoms with Crippen LogP contribution < -0.4 is 5.32 Å². The second-order valence-corrected chi connectivity index (χ2v) is 6.17. The van der Waals surface area contributed by atoms with Gasteiger partial charge in [0.2, 0.25) is 0 Å². The van der Waals surface area contributed by atoms with Crippen LogP contribution in [-0.2, 0) is 6.54 Å². The van der Waals surface area contributed by atoms with Gasteiger partial charge < -0.3 is 5.32 Å². The summed E-state index contributed by atoms with van der Waals surface area (Å²) >= 11 is 3.52. The Morgan fingerprint density at radius 1 is 1.36 bits per heavy atom. The minimum Gasteiger partial charge on any atom is -0.366 e. The molecule has 0 aliphatic rings. The number of nitrogens with zero attached hydrogens (tertiary/aromatic N) is 4.